The molecule has 1 heterocycles. The van der Waals surface area contributed by atoms with Crippen molar-refractivity contribution < 1.29 is 7.72 Å². The van der Waals surface area contributed by atoms with Crippen LogP contribution in [0.1, 0.15) is 55.4 Å². The third-order valence-corrected chi connectivity index (χ3v) is 5.91. The summed E-state index contributed by atoms with van der Waals surface area (Å²) in [5.74, 6) is 0. The lowest BCUT2D eigenvalue weighted by atomic mass is 9.69. The summed E-state index contributed by atoms with van der Waals surface area (Å²) in [6.07, 6.45) is 6.25. The van der Waals surface area contributed by atoms with E-state index in [2.05, 4.69) is 39.1 Å². The van der Waals surface area contributed by atoms with Crippen LogP contribution in [0.5, 0.6) is 0 Å². The first-order valence-corrected chi connectivity index (χ1v) is 8.21. The smallest absolute Gasteiger partial charge is 0.330 e. The van der Waals surface area contributed by atoms with E-state index in [-0.39, 0.29) is 16.6 Å². The van der Waals surface area contributed by atoms with Gasteiger partial charge >= 0.3 is 7.48 Å². The van der Waals surface area contributed by atoms with Crippen molar-refractivity contribution in [3.63, 3.8) is 0 Å². The summed E-state index contributed by atoms with van der Waals surface area (Å²) in [4.78, 5) is 0. The van der Waals surface area contributed by atoms with E-state index >= 15 is 0 Å². The molecule has 119 valence electrons. The first-order chi connectivity index (χ1) is 9.35. The highest BCUT2D eigenvalue weighted by atomic mass is 127. The lowest BCUT2D eigenvalue weighted by molar-refractivity contribution is -0.0484. The molecular formula is C16H28BINO2. The highest BCUT2D eigenvalue weighted by molar-refractivity contribution is 14.1. The van der Waals surface area contributed by atoms with Gasteiger partial charge in [0.25, 0.3) is 0 Å². The number of nitrogens with one attached hydrogen (secondary N) is 1. The number of hydrogen-bond donors (Lipinski definition) is 1. The van der Waals surface area contributed by atoms with Crippen molar-refractivity contribution in [3.05, 3.63) is 23.8 Å². The van der Waals surface area contributed by atoms with E-state index < -0.39 is 5.60 Å². The van der Waals surface area contributed by atoms with Gasteiger partial charge in [0.05, 0.1) is 11.1 Å². The Bertz CT molecular complexity index is 438. The van der Waals surface area contributed by atoms with Crippen molar-refractivity contribution in [3.8, 4) is 0 Å². The van der Waals surface area contributed by atoms with Crippen molar-refractivity contribution in [2.75, 3.05) is 0 Å². The normalized spacial score (nSPS) is 23.6. The molecule has 3 nitrogen and oxygen atoms in total. The van der Waals surface area contributed by atoms with Crippen molar-refractivity contribution >= 4 is 30.5 Å². The topological polar surface area (TPSA) is 30.5 Å². The van der Waals surface area contributed by atoms with Crippen LogP contribution in [-0.2, 0) is 7.72 Å². The molecule has 0 spiro atoms. The van der Waals surface area contributed by atoms with Gasteiger partial charge in [-0.2, -0.15) is 0 Å². The number of dihydropyridines is 1. The lowest BCUT2D eigenvalue weighted by Gasteiger charge is -2.43. The summed E-state index contributed by atoms with van der Waals surface area (Å²) in [5, 5.41) is 3.45. The average Bonchev–Trinajstić information content (AvgIpc) is 2.35. The standard InChI is InChI=1S/C16H28BINO2/c1-13(2,3)16(8)11-12(9-10-19-16)17-20-14(4,5)15(6,7)21-18/h9-11,19H,1-8H3. The Labute approximate surface area is 144 Å². The van der Waals surface area contributed by atoms with Crippen molar-refractivity contribution in [2.45, 2.75) is 72.1 Å². The van der Waals surface area contributed by atoms with Gasteiger partial charge in [-0.1, -0.05) is 38.4 Å². The zero-order valence-electron chi connectivity index (χ0n) is 14.5. The number of hydrogen-bond acceptors (Lipinski definition) is 3. The molecule has 1 radical (unpaired) electrons. The Balaban J connectivity index is 2.83. The number of allylic oxidation sites excluding steroid dienone is 2. The van der Waals surface area contributed by atoms with E-state index in [0.29, 0.717) is 0 Å². The third kappa shape index (κ3) is 4.26. The highest BCUT2D eigenvalue weighted by Crippen LogP contribution is 2.35. The maximum absolute atomic E-state index is 6.03. The van der Waals surface area contributed by atoms with E-state index in [9.17, 15) is 0 Å². The van der Waals surface area contributed by atoms with E-state index in [4.69, 9.17) is 7.72 Å². The molecule has 1 atom stereocenters. The number of halogens is 1. The molecule has 0 aromatic heterocycles. The summed E-state index contributed by atoms with van der Waals surface area (Å²) in [5.41, 5.74) is 0.275. The molecule has 21 heavy (non-hydrogen) atoms. The highest BCUT2D eigenvalue weighted by Gasteiger charge is 2.40. The van der Waals surface area contributed by atoms with Gasteiger partial charge in [0.15, 0.2) is 0 Å². The van der Waals surface area contributed by atoms with E-state index in [0.717, 1.165) is 5.47 Å². The van der Waals surface area contributed by atoms with Gasteiger partial charge in [0.1, 0.15) is 28.6 Å². The van der Waals surface area contributed by atoms with Gasteiger partial charge < -0.3 is 13.0 Å². The average molecular weight is 404 g/mol. The third-order valence-electron chi connectivity index (χ3n) is 4.80. The van der Waals surface area contributed by atoms with Gasteiger partial charge in [-0.25, -0.2) is 0 Å². The molecule has 0 amide bonds. The van der Waals surface area contributed by atoms with Crippen molar-refractivity contribution in [1.82, 2.24) is 5.32 Å². The lowest BCUT2D eigenvalue weighted by Crippen LogP contribution is -2.51. The molecule has 1 aliphatic heterocycles. The van der Waals surface area contributed by atoms with E-state index in [1.165, 1.54) is 0 Å². The Hall–Kier alpha value is -0.00506. The van der Waals surface area contributed by atoms with Crippen LogP contribution in [0.3, 0.4) is 0 Å². The SMILES string of the molecule is CC(C)(C)C1(C)C=C([B]OC(C)(C)C(C)(C)OI)C=CN1. The van der Waals surface area contributed by atoms with Crippen LogP contribution in [0.4, 0.5) is 0 Å². The van der Waals surface area contributed by atoms with Crippen LogP contribution >= 0.6 is 23.0 Å². The van der Waals surface area contributed by atoms with Crippen molar-refractivity contribution in [1.29, 1.82) is 0 Å². The van der Waals surface area contributed by atoms with Crippen LogP contribution in [-0.4, -0.2) is 24.2 Å². The minimum Gasteiger partial charge on any atom is -0.427 e. The van der Waals surface area contributed by atoms with Crippen LogP contribution in [0, 0.1) is 5.41 Å². The second-order valence-electron chi connectivity index (χ2n) is 7.91. The predicted molar refractivity (Wildman–Crippen MR) is 98.3 cm³/mol. The zero-order valence-corrected chi connectivity index (χ0v) is 16.7. The minimum atomic E-state index is -0.425. The maximum atomic E-state index is 6.03. The zero-order chi connectivity index (χ0) is 16.5. The Kier molecular flexibility index (Phi) is 5.66. The largest absolute Gasteiger partial charge is 0.427 e. The monoisotopic (exact) mass is 404 g/mol. The fourth-order valence-electron chi connectivity index (χ4n) is 1.69. The summed E-state index contributed by atoms with van der Waals surface area (Å²) in [7, 11) is 1.83. The van der Waals surface area contributed by atoms with Gasteiger partial charge in [-0.05, 0) is 46.2 Å². The maximum Gasteiger partial charge on any atom is 0.330 e. The molecule has 0 saturated heterocycles. The van der Waals surface area contributed by atoms with Gasteiger partial charge in [0, 0.05) is 0 Å². The fraction of sp³-hybridized carbons (Fsp3) is 0.750. The summed E-state index contributed by atoms with van der Waals surface area (Å²) < 4.78 is 11.5. The van der Waals surface area contributed by atoms with Crippen LogP contribution in [0.15, 0.2) is 23.8 Å². The predicted octanol–water partition coefficient (Wildman–Crippen LogP) is 4.35. The number of rotatable bonds is 5. The molecule has 0 aliphatic carbocycles. The van der Waals surface area contributed by atoms with Crippen molar-refractivity contribution in [2.24, 2.45) is 5.41 Å². The molecule has 1 N–H and O–H groups in total. The molecule has 1 aliphatic rings. The Morgan fingerprint density at radius 1 is 1.10 bits per heavy atom. The summed E-state index contributed by atoms with van der Waals surface area (Å²) in [6.45, 7) is 17.0. The first-order valence-electron chi connectivity index (χ1n) is 7.32. The van der Waals surface area contributed by atoms with Crippen LogP contribution < -0.4 is 5.32 Å². The molecule has 1 unspecified atom stereocenters. The summed E-state index contributed by atoms with van der Waals surface area (Å²) in [6, 6.07) is 0. The molecule has 0 fully saturated rings. The molecule has 0 bridgehead atoms. The second kappa shape index (κ2) is 6.24. The molecular weight excluding hydrogens is 376 g/mol. The molecule has 0 saturated carbocycles. The molecule has 5 heteroatoms. The fourth-order valence-corrected chi connectivity index (χ4v) is 2.22. The van der Waals surface area contributed by atoms with Gasteiger partial charge in [0.2, 0.25) is 0 Å². The molecule has 0 aromatic carbocycles. The minimum absolute atomic E-state index is 0.101. The first kappa shape index (κ1) is 19.0. The Morgan fingerprint density at radius 3 is 2.14 bits per heavy atom. The summed E-state index contributed by atoms with van der Waals surface area (Å²) >= 11 is 1.93. The van der Waals surface area contributed by atoms with Gasteiger partial charge in [-0.3, -0.25) is 0 Å². The van der Waals surface area contributed by atoms with Gasteiger partial charge in [-0.15, -0.1) is 0 Å². The van der Waals surface area contributed by atoms with E-state index in [1.54, 1.807) is 0 Å². The van der Waals surface area contributed by atoms with E-state index in [1.807, 2.05) is 70.5 Å². The molecule has 0 aromatic rings. The second-order valence-corrected chi connectivity index (χ2v) is 8.35. The van der Waals surface area contributed by atoms with Crippen LogP contribution in [0.25, 0.3) is 0 Å². The quantitative estimate of drug-likeness (QED) is 0.546. The Morgan fingerprint density at radius 2 is 1.67 bits per heavy atom. The van der Waals surface area contributed by atoms with Crippen LogP contribution in [0.2, 0.25) is 0 Å². The molecule has 1 rings (SSSR count).